The average Bonchev–Trinajstić information content (AvgIpc) is 3.31. The number of halogens is 2. The minimum atomic E-state index is -0.985. The topological polar surface area (TPSA) is 92.9 Å². The van der Waals surface area contributed by atoms with Crippen LogP contribution in [-0.4, -0.2) is 28.6 Å². The van der Waals surface area contributed by atoms with Gasteiger partial charge in [-0.1, -0.05) is 34.4 Å². The number of hydrogen-bond donors (Lipinski definition) is 1. The van der Waals surface area contributed by atoms with Crippen molar-refractivity contribution in [2.75, 3.05) is 11.5 Å². The van der Waals surface area contributed by atoms with Crippen LogP contribution in [0, 0.1) is 6.92 Å². The van der Waals surface area contributed by atoms with Crippen molar-refractivity contribution in [1.29, 1.82) is 0 Å². The molecule has 1 aromatic heterocycles. The summed E-state index contributed by atoms with van der Waals surface area (Å²) in [6.45, 7) is 4.02. The number of aromatic nitrogens is 1. The smallest absolute Gasteiger partial charge is 0.301 e. The minimum absolute atomic E-state index is 0.0989. The number of nitrogens with zero attached hydrogens (tertiary/aromatic N) is 2. The van der Waals surface area contributed by atoms with Gasteiger partial charge in [-0.25, -0.2) is 0 Å². The average molecular weight is 473 g/mol. The summed E-state index contributed by atoms with van der Waals surface area (Å²) >= 11 is 12.3. The Balaban J connectivity index is 1.90. The summed E-state index contributed by atoms with van der Waals surface area (Å²) in [6, 6.07) is 11.9. The fourth-order valence-corrected chi connectivity index (χ4v) is 3.87. The van der Waals surface area contributed by atoms with Crippen molar-refractivity contribution in [2.45, 2.75) is 19.9 Å². The number of aliphatic hydroxyl groups is 1. The van der Waals surface area contributed by atoms with Crippen molar-refractivity contribution in [3.8, 4) is 5.75 Å². The maximum Gasteiger partial charge on any atom is 0.301 e. The molecule has 1 aliphatic rings. The van der Waals surface area contributed by atoms with Gasteiger partial charge >= 0.3 is 5.91 Å². The minimum Gasteiger partial charge on any atom is -0.507 e. The van der Waals surface area contributed by atoms with E-state index < -0.39 is 17.7 Å². The lowest BCUT2D eigenvalue weighted by molar-refractivity contribution is -0.132. The van der Waals surface area contributed by atoms with Crippen LogP contribution >= 0.6 is 23.2 Å². The van der Waals surface area contributed by atoms with E-state index in [-0.39, 0.29) is 22.2 Å². The summed E-state index contributed by atoms with van der Waals surface area (Å²) in [4.78, 5) is 27.2. The first-order chi connectivity index (χ1) is 15.3. The van der Waals surface area contributed by atoms with Gasteiger partial charge in [-0.15, -0.1) is 0 Å². The predicted octanol–water partition coefficient (Wildman–Crippen LogP) is 5.31. The molecule has 9 heteroatoms. The molecular weight excluding hydrogens is 455 g/mol. The molecule has 1 saturated heterocycles. The van der Waals surface area contributed by atoms with Crippen LogP contribution in [0.4, 0.5) is 5.82 Å². The molecule has 1 unspecified atom stereocenters. The first-order valence-corrected chi connectivity index (χ1v) is 10.5. The van der Waals surface area contributed by atoms with Crippen LogP contribution in [-0.2, 0) is 9.59 Å². The van der Waals surface area contributed by atoms with Gasteiger partial charge in [0.1, 0.15) is 17.3 Å². The van der Waals surface area contributed by atoms with Crippen LogP contribution < -0.4 is 9.64 Å². The molecule has 1 fully saturated rings. The number of aliphatic hydroxyl groups excluding tert-OH is 1. The number of hydrogen-bond acceptors (Lipinski definition) is 6. The van der Waals surface area contributed by atoms with Crippen molar-refractivity contribution in [3.05, 3.63) is 81.0 Å². The second kappa shape index (κ2) is 8.68. The number of anilines is 1. The Morgan fingerprint density at radius 1 is 1.12 bits per heavy atom. The lowest BCUT2D eigenvalue weighted by Crippen LogP contribution is -2.29. The fourth-order valence-electron chi connectivity index (χ4n) is 3.56. The highest BCUT2D eigenvalue weighted by Gasteiger charge is 2.48. The van der Waals surface area contributed by atoms with Crippen molar-refractivity contribution >= 4 is 46.5 Å². The van der Waals surface area contributed by atoms with Gasteiger partial charge in [-0.05, 0) is 55.8 Å². The number of ketones is 1. The van der Waals surface area contributed by atoms with Gasteiger partial charge in [0.2, 0.25) is 0 Å². The van der Waals surface area contributed by atoms with E-state index in [0.717, 1.165) is 0 Å². The summed E-state index contributed by atoms with van der Waals surface area (Å²) in [5, 5.41) is 15.5. The summed E-state index contributed by atoms with van der Waals surface area (Å²) in [5.74, 6) is -0.809. The summed E-state index contributed by atoms with van der Waals surface area (Å²) in [5.41, 5.74) is 0.734. The number of ether oxygens (including phenoxy) is 1. The van der Waals surface area contributed by atoms with E-state index in [1.165, 1.54) is 11.0 Å². The number of amides is 1. The highest BCUT2D eigenvalue weighted by atomic mass is 35.5. The summed E-state index contributed by atoms with van der Waals surface area (Å²) in [7, 11) is 0. The number of carbonyl (C=O) groups excluding carboxylic acids is 2. The van der Waals surface area contributed by atoms with E-state index >= 15 is 0 Å². The van der Waals surface area contributed by atoms with Crippen molar-refractivity contribution in [1.82, 2.24) is 5.16 Å². The third-order valence-corrected chi connectivity index (χ3v) is 5.74. The number of benzene rings is 2. The Labute approximate surface area is 193 Å². The van der Waals surface area contributed by atoms with E-state index in [1.54, 1.807) is 49.4 Å². The maximum atomic E-state index is 13.1. The Bertz CT molecular complexity index is 1230. The van der Waals surface area contributed by atoms with Gasteiger partial charge in [-0.2, -0.15) is 0 Å². The molecular formula is C23H18Cl2N2O5. The van der Waals surface area contributed by atoms with Gasteiger partial charge in [0.25, 0.3) is 5.78 Å². The summed E-state index contributed by atoms with van der Waals surface area (Å²) in [6.07, 6.45) is 0. The normalized spacial score (nSPS) is 17.8. The molecule has 0 radical (unpaired) electrons. The van der Waals surface area contributed by atoms with E-state index in [0.29, 0.717) is 34.3 Å². The standard InChI is InChI=1S/C23H18Cl2N2O5/c1-3-31-15-7-4-13(5-8-15)21(28)19-20(14-6-9-16(24)17(25)11-14)27(23(30)22(19)29)18-10-12(2)32-26-18/h4-11,20,28H,3H2,1-2H3/b21-19+. The van der Waals surface area contributed by atoms with Crippen LogP contribution in [0.1, 0.15) is 29.9 Å². The molecule has 0 aliphatic carbocycles. The molecule has 1 aliphatic heterocycles. The maximum absolute atomic E-state index is 13.1. The number of aryl methyl sites for hydroxylation is 1. The number of rotatable bonds is 5. The number of Topliss-reactive ketones (excluding diaryl/α,β-unsaturated/α-hetero) is 1. The van der Waals surface area contributed by atoms with E-state index in [4.69, 9.17) is 32.5 Å². The van der Waals surface area contributed by atoms with Crippen molar-refractivity contribution < 1.29 is 24.0 Å². The Hall–Kier alpha value is -3.29. The third-order valence-electron chi connectivity index (χ3n) is 5.00. The molecule has 2 aromatic carbocycles. The van der Waals surface area contributed by atoms with Gasteiger partial charge in [-0.3, -0.25) is 14.5 Å². The largest absolute Gasteiger partial charge is 0.507 e. The molecule has 0 bridgehead atoms. The van der Waals surface area contributed by atoms with Crippen molar-refractivity contribution in [3.63, 3.8) is 0 Å². The first-order valence-electron chi connectivity index (χ1n) is 9.74. The molecule has 1 atom stereocenters. The SMILES string of the molecule is CCOc1ccc(/C(O)=C2\C(=O)C(=O)N(c3cc(C)on3)C2c2ccc(Cl)c(Cl)c2)cc1. The Morgan fingerprint density at radius 2 is 1.84 bits per heavy atom. The van der Waals surface area contributed by atoms with Crippen LogP contribution in [0.15, 0.2) is 58.6 Å². The summed E-state index contributed by atoms with van der Waals surface area (Å²) < 4.78 is 10.5. The second-order valence-corrected chi connectivity index (χ2v) is 7.91. The predicted molar refractivity (Wildman–Crippen MR) is 120 cm³/mol. The molecule has 7 nitrogen and oxygen atoms in total. The molecule has 1 N–H and O–H groups in total. The van der Waals surface area contributed by atoms with Crippen LogP contribution in [0.2, 0.25) is 10.0 Å². The van der Waals surface area contributed by atoms with E-state index in [9.17, 15) is 14.7 Å². The molecule has 0 spiro atoms. The Morgan fingerprint density at radius 3 is 2.44 bits per heavy atom. The molecule has 164 valence electrons. The number of carbonyl (C=O) groups is 2. The monoisotopic (exact) mass is 472 g/mol. The van der Waals surface area contributed by atoms with Gasteiger partial charge in [0.05, 0.1) is 28.3 Å². The highest BCUT2D eigenvalue weighted by molar-refractivity contribution is 6.51. The zero-order valence-electron chi connectivity index (χ0n) is 17.1. The van der Waals surface area contributed by atoms with E-state index in [2.05, 4.69) is 5.16 Å². The lowest BCUT2D eigenvalue weighted by Gasteiger charge is -2.23. The fraction of sp³-hybridized carbons (Fsp3) is 0.174. The van der Waals surface area contributed by atoms with Gasteiger partial charge < -0.3 is 14.4 Å². The second-order valence-electron chi connectivity index (χ2n) is 7.10. The zero-order chi connectivity index (χ0) is 23.0. The lowest BCUT2D eigenvalue weighted by atomic mass is 9.95. The molecule has 0 saturated carbocycles. The molecule has 4 rings (SSSR count). The van der Waals surface area contributed by atoms with Crippen LogP contribution in [0.25, 0.3) is 5.76 Å². The first kappa shape index (κ1) is 21.9. The molecule has 3 aromatic rings. The highest BCUT2D eigenvalue weighted by Crippen LogP contribution is 2.43. The molecule has 32 heavy (non-hydrogen) atoms. The third kappa shape index (κ3) is 3.85. The quantitative estimate of drug-likeness (QED) is 0.307. The molecule has 1 amide bonds. The Kier molecular flexibility index (Phi) is 5.95. The van der Waals surface area contributed by atoms with Crippen LogP contribution in [0.5, 0.6) is 5.75 Å². The van der Waals surface area contributed by atoms with E-state index in [1.807, 2.05) is 6.92 Å². The van der Waals surface area contributed by atoms with Crippen molar-refractivity contribution in [2.24, 2.45) is 0 Å². The molecule has 2 heterocycles. The van der Waals surface area contributed by atoms with Gasteiger partial charge in [0.15, 0.2) is 5.82 Å². The van der Waals surface area contributed by atoms with Crippen LogP contribution in [0.3, 0.4) is 0 Å². The van der Waals surface area contributed by atoms with Gasteiger partial charge in [0, 0.05) is 11.6 Å². The zero-order valence-corrected chi connectivity index (χ0v) is 18.6.